The minimum absolute atomic E-state index is 0.141. The van der Waals surface area contributed by atoms with Gasteiger partial charge >= 0.3 is 10.4 Å². The number of aromatic nitrogens is 1. The Hall–Kier alpha value is -1.57. The number of nitrogens with one attached hydrogen (secondary N) is 1. The van der Waals surface area contributed by atoms with Gasteiger partial charge in [0.05, 0.1) is 0 Å². The number of rotatable bonds is 7. The van der Waals surface area contributed by atoms with E-state index in [1.54, 1.807) is 6.07 Å². The molecule has 0 atom stereocenters. The van der Waals surface area contributed by atoms with Crippen LogP contribution >= 0.6 is 0 Å². The van der Waals surface area contributed by atoms with Gasteiger partial charge in [-0.3, -0.25) is 9.45 Å². The molecular formula is C16H24N2O4S. The van der Waals surface area contributed by atoms with Crippen molar-refractivity contribution in [1.82, 2.24) is 9.88 Å². The van der Waals surface area contributed by atoms with Crippen LogP contribution < -0.4 is 4.18 Å². The summed E-state index contributed by atoms with van der Waals surface area (Å²) >= 11 is 0. The third-order valence-corrected chi connectivity index (χ3v) is 4.30. The van der Waals surface area contributed by atoms with Crippen LogP contribution in [-0.2, 0) is 16.8 Å². The van der Waals surface area contributed by atoms with Gasteiger partial charge in [-0.2, -0.15) is 8.42 Å². The fourth-order valence-corrected chi connectivity index (χ4v) is 3.33. The molecule has 0 bridgehead atoms. The quantitative estimate of drug-likeness (QED) is 0.757. The van der Waals surface area contributed by atoms with Gasteiger partial charge in [-0.15, -0.1) is 0 Å². The van der Waals surface area contributed by atoms with E-state index in [0.717, 1.165) is 24.0 Å². The van der Waals surface area contributed by atoms with Gasteiger partial charge in [0, 0.05) is 35.7 Å². The summed E-state index contributed by atoms with van der Waals surface area (Å²) in [5.41, 5.74) is 1.74. The fraction of sp³-hybridized carbons (Fsp3) is 0.500. The second-order valence-corrected chi connectivity index (χ2v) is 7.20. The first-order valence-electron chi connectivity index (χ1n) is 7.70. The lowest BCUT2D eigenvalue weighted by atomic mass is 10.1. The molecule has 7 heteroatoms. The maximum Gasteiger partial charge on any atom is 0.446 e. The van der Waals surface area contributed by atoms with Crippen LogP contribution in [0.4, 0.5) is 0 Å². The summed E-state index contributed by atoms with van der Waals surface area (Å²) in [5.74, 6) is 0.141. The lowest BCUT2D eigenvalue weighted by Gasteiger charge is -2.30. The first-order valence-corrected chi connectivity index (χ1v) is 9.07. The third-order valence-electron chi connectivity index (χ3n) is 3.91. The Labute approximate surface area is 137 Å². The first kappa shape index (κ1) is 17.8. The van der Waals surface area contributed by atoms with Gasteiger partial charge in [0.1, 0.15) is 0 Å². The molecule has 0 aliphatic heterocycles. The monoisotopic (exact) mass is 340 g/mol. The molecule has 2 rings (SSSR count). The van der Waals surface area contributed by atoms with Crippen molar-refractivity contribution in [3.63, 3.8) is 0 Å². The van der Waals surface area contributed by atoms with E-state index < -0.39 is 10.4 Å². The zero-order valence-electron chi connectivity index (χ0n) is 13.9. The highest BCUT2D eigenvalue weighted by atomic mass is 32.3. The predicted molar refractivity (Wildman–Crippen MR) is 91.2 cm³/mol. The second kappa shape index (κ2) is 6.90. The SMILES string of the molecule is CC(C)N(CCc1c[nH]c2cccc(OS(=O)(=O)O)c12)C(C)C. The van der Waals surface area contributed by atoms with E-state index in [1.807, 2.05) is 12.3 Å². The summed E-state index contributed by atoms with van der Waals surface area (Å²) in [6, 6.07) is 5.91. The molecule has 1 aromatic carbocycles. The van der Waals surface area contributed by atoms with Crippen molar-refractivity contribution < 1.29 is 17.2 Å². The Bertz CT molecular complexity index is 757. The molecule has 0 saturated heterocycles. The summed E-state index contributed by atoms with van der Waals surface area (Å²) in [4.78, 5) is 5.49. The minimum atomic E-state index is -4.55. The van der Waals surface area contributed by atoms with Gasteiger partial charge < -0.3 is 9.17 Å². The highest BCUT2D eigenvalue weighted by Gasteiger charge is 2.17. The van der Waals surface area contributed by atoms with Crippen molar-refractivity contribution in [2.75, 3.05) is 6.54 Å². The van der Waals surface area contributed by atoms with E-state index in [-0.39, 0.29) is 5.75 Å². The van der Waals surface area contributed by atoms with E-state index in [4.69, 9.17) is 8.74 Å². The molecule has 6 nitrogen and oxygen atoms in total. The highest BCUT2D eigenvalue weighted by Crippen LogP contribution is 2.30. The Morgan fingerprint density at radius 2 is 1.87 bits per heavy atom. The molecule has 0 saturated carbocycles. The Morgan fingerprint density at radius 3 is 2.43 bits per heavy atom. The normalized spacial score (nSPS) is 12.7. The van der Waals surface area contributed by atoms with Crippen molar-refractivity contribution in [3.8, 4) is 5.75 Å². The average Bonchev–Trinajstić information content (AvgIpc) is 2.81. The van der Waals surface area contributed by atoms with Crippen LogP contribution in [0, 0.1) is 0 Å². The number of hydrogen-bond donors (Lipinski definition) is 2. The Kier molecular flexibility index (Phi) is 5.33. The van der Waals surface area contributed by atoms with Crippen molar-refractivity contribution in [1.29, 1.82) is 0 Å². The molecule has 0 aliphatic carbocycles. The largest absolute Gasteiger partial charge is 0.446 e. The van der Waals surface area contributed by atoms with E-state index in [0.29, 0.717) is 17.5 Å². The van der Waals surface area contributed by atoms with E-state index in [1.165, 1.54) is 6.07 Å². The molecular weight excluding hydrogens is 316 g/mol. The number of hydrogen-bond acceptors (Lipinski definition) is 4. The summed E-state index contributed by atoms with van der Waals surface area (Å²) in [6.07, 6.45) is 2.61. The summed E-state index contributed by atoms with van der Waals surface area (Å²) in [6.45, 7) is 9.47. The molecule has 0 amide bonds. The van der Waals surface area contributed by atoms with Gasteiger partial charge in [-0.1, -0.05) is 6.07 Å². The van der Waals surface area contributed by atoms with Crippen molar-refractivity contribution in [2.24, 2.45) is 0 Å². The van der Waals surface area contributed by atoms with Crippen LogP contribution in [0.3, 0.4) is 0 Å². The van der Waals surface area contributed by atoms with Gasteiger partial charge in [-0.25, -0.2) is 0 Å². The molecule has 2 N–H and O–H groups in total. The van der Waals surface area contributed by atoms with Crippen LogP contribution in [0.1, 0.15) is 33.3 Å². The highest BCUT2D eigenvalue weighted by molar-refractivity contribution is 7.81. The smallest absolute Gasteiger partial charge is 0.361 e. The van der Waals surface area contributed by atoms with Gasteiger partial charge in [0.25, 0.3) is 0 Å². The standard InChI is InChI=1S/C16H24N2O4S/c1-11(2)18(12(3)4)9-8-13-10-17-14-6-5-7-15(16(13)14)22-23(19,20)21/h5-7,10-12,17H,8-9H2,1-4H3,(H,19,20,21). The molecule has 128 valence electrons. The maximum absolute atomic E-state index is 11.0. The number of nitrogens with zero attached hydrogens (tertiary/aromatic N) is 1. The predicted octanol–water partition coefficient (Wildman–Crippen LogP) is 3.01. The zero-order chi connectivity index (χ0) is 17.2. The fourth-order valence-electron chi connectivity index (χ4n) is 2.96. The Morgan fingerprint density at radius 1 is 1.22 bits per heavy atom. The van der Waals surface area contributed by atoms with Crippen LogP contribution in [0.25, 0.3) is 10.9 Å². The van der Waals surface area contributed by atoms with E-state index >= 15 is 0 Å². The molecule has 0 aliphatic rings. The molecule has 0 radical (unpaired) electrons. The zero-order valence-corrected chi connectivity index (χ0v) is 14.7. The van der Waals surface area contributed by atoms with Crippen LogP contribution in [-0.4, -0.2) is 41.5 Å². The molecule has 23 heavy (non-hydrogen) atoms. The average molecular weight is 340 g/mol. The summed E-state index contributed by atoms with van der Waals surface area (Å²) in [7, 11) is -4.55. The van der Waals surface area contributed by atoms with Crippen LogP contribution in [0.5, 0.6) is 5.75 Å². The first-order chi connectivity index (χ1) is 10.7. The maximum atomic E-state index is 11.0. The van der Waals surface area contributed by atoms with E-state index in [2.05, 4.69) is 37.6 Å². The number of aromatic amines is 1. The van der Waals surface area contributed by atoms with Gasteiger partial charge in [-0.05, 0) is 51.8 Å². The molecule has 0 spiro atoms. The lowest BCUT2D eigenvalue weighted by molar-refractivity contribution is 0.177. The minimum Gasteiger partial charge on any atom is -0.361 e. The Balaban J connectivity index is 2.31. The molecule has 0 fully saturated rings. The van der Waals surface area contributed by atoms with Crippen molar-refractivity contribution in [2.45, 2.75) is 46.2 Å². The van der Waals surface area contributed by atoms with Crippen LogP contribution in [0.2, 0.25) is 0 Å². The van der Waals surface area contributed by atoms with Gasteiger partial charge in [0.15, 0.2) is 5.75 Å². The topological polar surface area (TPSA) is 82.6 Å². The molecule has 1 aromatic heterocycles. The number of fused-ring (bicyclic) bond motifs is 1. The number of benzene rings is 1. The molecule has 1 heterocycles. The van der Waals surface area contributed by atoms with E-state index in [9.17, 15) is 8.42 Å². The van der Waals surface area contributed by atoms with Crippen molar-refractivity contribution in [3.05, 3.63) is 30.0 Å². The van der Waals surface area contributed by atoms with Crippen LogP contribution in [0.15, 0.2) is 24.4 Å². The van der Waals surface area contributed by atoms with Crippen molar-refractivity contribution >= 4 is 21.3 Å². The second-order valence-electron chi connectivity index (χ2n) is 6.18. The lowest BCUT2D eigenvalue weighted by Crippen LogP contribution is -2.38. The number of H-pyrrole nitrogens is 1. The molecule has 2 aromatic rings. The summed E-state index contributed by atoms with van der Waals surface area (Å²) in [5, 5.41) is 0.692. The third kappa shape index (κ3) is 4.46. The summed E-state index contributed by atoms with van der Waals surface area (Å²) < 4.78 is 35.7. The molecule has 0 unspecified atom stereocenters. The van der Waals surface area contributed by atoms with Gasteiger partial charge in [0.2, 0.25) is 0 Å².